The number of aromatic nitrogens is 2. The molecule has 1 N–H and O–H groups in total. The summed E-state index contributed by atoms with van der Waals surface area (Å²) in [6.07, 6.45) is 2.92. The van der Waals surface area contributed by atoms with Crippen molar-refractivity contribution in [2.45, 2.75) is 6.92 Å². The Morgan fingerprint density at radius 3 is 2.52 bits per heavy atom. The number of amides is 2. The Morgan fingerprint density at radius 1 is 1.11 bits per heavy atom. The summed E-state index contributed by atoms with van der Waals surface area (Å²) in [5, 5.41) is 3.01. The SMILES string of the molecule is CCOC(=O)N1CCN(C(=O)c2cccc(-c3nccnc3NC)c2)CC1. The average Bonchev–Trinajstić information content (AvgIpc) is 2.73. The number of carbonyl (C=O) groups is 2. The fraction of sp³-hybridized carbons (Fsp3) is 0.368. The standard InChI is InChI=1S/C19H23N5O3/c1-3-27-19(26)24-11-9-23(10-12-24)18(25)15-6-4-5-14(13-15)16-17(20-2)22-8-7-21-16/h4-8,13H,3,9-12H2,1-2H3,(H,20,22). The van der Waals surface area contributed by atoms with E-state index in [0.717, 1.165) is 5.56 Å². The molecule has 2 heterocycles. The number of hydrogen-bond acceptors (Lipinski definition) is 6. The van der Waals surface area contributed by atoms with Gasteiger partial charge in [-0.25, -0.2) is 9.78 Å². The zero-order valence-electron chi connectivity index (χ0n) is 15.5. The van der Waals surface area contributed by atoms with Crippen LogP contribution in [0.25, 0.3) is 11.3 Å². The van der Waals surface area contributed by atoms with Crippen molar-refractivity contribution in [1.82, 2.24) is 19.8 Å². The summed E-state index contributed by atoms with van der Waals surface area (Å²) in [7, 11) is 1.78. The first-order chi connectivity index (χ1) is 13.1. The lowest BCUT2D eigenvalue weighted by molar-refractivity contribution is 0.0570. The van der Waals surface area contributed by atoms with Crippen LogP contribution in [0.4, 0.5) is 10.6 Å². The van der Waals surface area contributed by atoms with Crippen LogP contribution in [0, 0.1) is 0 Å². The van der Waals surface area contributed by atoms with E-state index < -0.39 is 0 Å². The molecule has 0 unspecified atom stereocenters. The number of piperazine rings is 1. The van der Waals surface area contributed by atoms with Gasteiger partial charge in [-0.15, -0.1) is 0 Å². The Morgan fingerprint density at radius 2 is 1.81 bits per heavy atom. The normalized spacial score (nSPS) is 14.0. The second-order valence-corrected chi connectivity index (χ2v) is 6.06. The van der Waals surface area contributed by atoms with Crippen LogP contribution in [-0.2, 0) is 4.74 Å². The third kappa shape index (κ3) is 4.16. The lowest BCUT2D eigenvalue weighted by Gasteiger charge is -2.34. The fourth-order valence-corrected chi connectivity index (χ4v) is 3.02. The van der Waals surface area contributed by atoms with Crippen LogP contribution in [0.2, 0.25) is 0 Å². The van der Waals surface area contributed by atoms with Gasteiger partial charge in [-0.3, -0.25) is 9.78 Å². The summed E-state index contributed by atoms with van der Waals surface area (Å²) < 4.78 is 5.01. The van der Waals surface area contributed by atoms with Crippen LogP contribution in [0.3, 0.4) is 0 Å². The first-order valence-corrected chi connectivity index (χ1v) is 8.94. The van der Waals surface area contributed by atoms with Crippen molar-refractivity contribution in [2.24, 2.45) is 0 Å². The number of nitrogens with zero attached hydrogens (tertiary/aromatic N) is 4. The second-order valence-electron chi connectivity index (χ2n) is 6.06. The van der Waals surface area contributed by atoms with Crippen LogP contribution in [0.15, 0.2) is 36.7 Å². The molecule has 0 radical (unpaired) electrons. The molecular formula is C19H23N5O3. The lowest BCUT2D eigenvalue weighted by Crippen LogP contribution is -2.50. The van der Waals surface area contributed by atoms with Gasteiger partial charge in [-0.2, -0.15) is 0 Å². The topological polar surface area (TPSA) is 87.7 Å². The maximum absolute atomic E-state index is 12.9. The van der Waals surface area contributed by atoms with Crippen molar-refractivity contribution in [1.29, 1.82) is 0 Å². The molecule has 1 aliphatic heterocycles. The molecule has 0 atom stereocenters. The molecule has 2 amide bonds. The van der Waals surface area contributed by atoms with Gasteiger partial charge in [0.25, 0.3) is 5.91 Å². The highest BCUT2D eigenvalue weighted by atomic mass is 16.6. The molecule has 3 rings (SSSR count). The third-order valence-corrected chi connectivity index (χ3v) is 4.41. The van der Waals surface area contributed by atoms with E-state index in [9.17, 15) is 9.59 Å². The van der Waals surface area contributed by atoms with E-state index in [-0.39, 0.29) is 12.0 Å². The number of nitrogens with one attached hydrogen (secondary N) is 1. The lowest BCUT2D eigenvalue weighted by atomic mass is 10.1. The van der Waals surface area contributed by atoms with Crippen molar-refractivity contribution >= 4 is 17.8 Å². The van der Waals surface area contributed by atoms with E-state index in [2.05, 4.69) is 15.3 Å². The predicted octanol–water partition coefficient (Wildman–Crippen LogP) is 2.10. The molecule has 2 aromatic rings. The van der Waals surface area contributed by atoms with E-state index in [0.29, 0.717) is 49.9 Å². The van der Waals surface area contributed by atoms with Gasteiger partial charge < -0.3 is 19.9 Å². The summed E-state index contributed by atoms with van der Waals surface area (Å²) in [5.41, 5.74) is 2.11. The first kappa shape index (κ1) is 18.6. The van der Waals surface area contributed by atoms with Gasteiger partial charge in [0.2, 0.25) is 0 Å². The van der Waals surface area contributed by atoms with Crippen LogP contribution in [-0.4, -0.2) is 71.6 Å². The summed E-state index contributed by atoms with van der Waals surface area (Å²) in [5.74, 6) is 0.598. The number of rotatable bonds is 4. The third-order valence-electron chi connectivity index (χ3n) is 4.41. The number of anilines is 1. The van der Waals surface area contributed by atoms with E-state index in [1.807, 2.05) is 18.2 Å². The number of benzene rings is 1. The monoisotopic (exact) mass is 369 g/mol. The minimum Gasteiger partial charge on any atom is -0.450 e. The highest BCUT2D eigenvalue weighted by Crippen LogP contribution is 2.24. The Bertz CT molecular complexity index is 818. The van der Waals surface area contributed by atoms with Crippen LogP contribution >= 0.6 is 0 Å². The van der Waals surface area contributed by atoms with Crippen LogP contribution in [0.5, 0.6) is 0 Å². The summed E-state index contributed by atoms with van der Waals surface area (Å²) in [6, 6.07) is 7.36. The fourth-order valence-electron chi connectivity index (χ4n) is 3.02. The van der Waals surface area contributed by atoms with Gasteiger partial charge in [0.15, 0.2) is 5.82 Å². The molecule has 8 nitrogen and oxygen atoms in total. The van der Waals surface area contributed by atoms with Gasteiger partial charge in [0.1, 0.15) is 5.69 Å². The highest BCUT2D eigenvalue weighted by Gasteiger charge is 2.25. The molecule has 1 aliphatic rings. The van der Waals surface area contributed by atoms with E-state index >= 15 is 0 Å². The molecule has 1 aromatic carbocycles. The van der Waals surface area contributed by atoms with Gasteiger partial charge in [0.05, 0.1) is 6.61 Å². The summed E-state index contributed by atoms with van der Waals surface area (Å²) in [6.45, 7) is 4.03. The molecule has 27 heavy (non-hydrogen) atoms. The van der Waals surface area contributed by atoms with Gasteiger partial charge in [-0.05, 0) is 19.1 Å². The van der Waals surface area contributed by atoms with Crippen molar-refractivity contribution in [3.05, 3.63) is 42.2 Å². The molecule has 142 valence electrons. The Kier molecular flexibility index (Phi) is 5.85. The Balaban J connectivity index is 1.72. The van der Waals surface area contributed by atoms with Gasteiger partial charge in [0, 0.05) is 56.7 Å². The van der Waals surface area contributed by atoms with Crippen molar-refractivity contribution in [2.75, 3.05) is 45.2 Å². The van der Waals surface area contributed by atoms with Crippen LogP contribution in [0.1, 0.15) is 17.3 Å². The smallest absolute Gasteiger partial charge is 0.409 e. The highest BCUT2D eigenvalue weighted by molar-refractivity contribution is 5.95. The maximum atomic E-state index is 12.9. The molecule has 0 saturated carbocycles. The van der Waals surface area contributed by atoms with Crippen molar-refractivity contribution in [3.8, 4) is 11.3 Å². The van der Waals surface area contributed by atoms with E-state index in [1.54, 1.807) is 42.2 Å². The quantitative estimate of drug-likeness (QED) is 0.888. The maximum Gasteiger partial charge on any atom is 0.409 e. The molecule has 8 heteroatoms. The molecule has 1 saturated heterocycles. The van der Waals surface area contributed by atoms with E-state index in [1.165, 1.54) is 0 Å². The Hall–Kier alpha value is -3.16. The zero-order chi connectivity index (χ0) is 19.2. The first-order valence-electron chi connectivity index (χ1n) is 8.94. The minimum atomic E-state index is -0.325. The zero-order valence-corrected chi connectivity index (χ0v) is 15.5. The van der Waals surface area contributed by atoms with Crippen molar-refractivity contribution < 1.29 is 14.3 Å². The molecule has 0 bridgehead atoms. The molecule has 1 aromatic heterocycles. The summed E-state index contributed by atoms with van der Waals surface area (Å²) in [4.78, 5) is 36.7. The largest absolute Gasteiger partial charge is 0.450 e. The predicted molar refractivity (Wildman–Crippen MR) is 102 cm³/mol. The van der Waals surface area contributed by atoms with E-state index in [4.69, 9.17) is 4.74 Å². The summed E-state index contributed by atoms with van der Waals surface area (Å²) >= 11 is 0. The van der Waals surface area contributed by atoms with Gasteiger partial charge in [-0.1, -0.05) is 12.1 Å². The minimum absolute atomic E-state index is 0.0599. The average molecular weight is 369 g/mol. The molecule has 1 fully saturated rings. The Labute approximate surface area is 158 Å². The van der Waals surface area contributed by atoms with Crippen molar-refractivity contribution in [3.63, 3.8) is 0 Å². The molecule has 0 spiro atoms. The van der Waals surface area contributed by atoms with Crippen LogP contribution < -0.4 is 5.32 Å². The molecule has 0 aliphatic carbocycles. The molecular weight excluding hydrogens is 346 g/mol. The van der Waals surface area contributed by atoms with Gasteiger partial charge >= 0.3 is 6.09 Å². The number of hydrogen-bond donors (Lipinski definition) is 1. The second kappa shape index (κ2) is 8.48. The number of ether oxygens (including phenoxy) is 1. The number of carbonyl (C=O) groups excluding carboxylic acids is 2.